The topological polar surface area (TPSA) is 77.6 Å². The molecule has 0 saturated heterocycles. The second kappa shape index (κ2) is 8.97. The van der Waals surface area contributed by atoms with Gasteiger partial charge < -0.3 is 5.32 Å². The first-order valence-corrected chi connectivity index (χ1v) is 9.55. The Morgan fingerprint density at radius 2 is 1.72 bits per heavy atom. The molecule has 0 saturated carbocycles. The van der Waals surface area contributed by atoms with Crippen LogP contribution < -0.4 is 5.32 Å². The maximum absolute atomic E-state index is 12.8. The normalized spacial score (nSPS) is 11.9. The molecule has 0 aliphatic carbocycles. The first-order chi connectivity index (χ1) is 14.3. The molecule has 0 aliphatic heterocycles. The van der Waals surface area contributed by atoms with Crippen LogP contribution in [-0.4, -0.2) is 30.7 Å². The Morgan fingerprint density at radius 1 is 0.966 bits per heavy atom. The lowest BCUT2D eigenvalue weighted by Gasteiger charge is -2.18. The van der Waals surface area contributed by atoms with E-state index in [4.69, 9.17) is 0 Å². The molecule has 2 heterocycles. The van der Waals surface area contributed by atoms with Crippen molar-refractivity contribution in [3.05, 3.63) is 102 Å². The van der Waals surface area contributed by atoms with Gasteiger partial charge in [0.15, 0.2) is 5.69 Å². The number of hydrogen-bond acceptors (Lipinski definition) is 4. The third-order valence-corrected chi connectivity index (χ3v) is 4.68. The molecule has 0 fully saturated rings. The largest absolute Gasteiger partial charge is 0.342 e. The smallest absolute Gasteiger partial charge is 0.274 e. The van der Waals surface area contributed by atoms with Gasteiger partial charge in [-0.1, -0.05) is 65.9 Å². The van der Waals surface area contributed by atoms with Gasteiger partial charge in [-0.2, -0.15) is 5.10 Å². The average molecular weight is 386 g/mol. The summed E-state index contributed by atoms with van der Waals surface area (Å²) in [6, 6.07) is 21.7. The van der Waals surface area contributed by atoms with Gasteiger partial charge in [-0.05, 0) is 23.6 Å². The molecule has 1 amide bonds. The predicted octanol–water partition coefficient (Wildman–Crippen LogP) is 2.89. The van der Waals surface area contributed by atoms with E-state index in [9.17, 15) is 4.79 Å². The highest BCUT2D eigenvalue weighted by Crippen LogP contribution is 2.15. The van der Waals surface area contributed by atoms with Crippen LogP contribution in [0.15, 0.2) is 85.3 Å². The fraction of sp³-hybridized carbons (Fsp3) is 0.182. The molecular formula is C22H22N6O. The van der Waals surface area contributed by atoms with Gasteiger partial charge in [-0.25, -0.2) is 0 Å². The molecule has 0 aliphatic rings. The quantitative estimate of drug-likeness (QED) is 0.505. The molecule has 2 aromatic carbocycles. The first kappa shape index (κ1) is 18.6. The van der Waals surface area contributed by atoms with Crippen molar-refractivity contribution in [2.24, 2.45) is 0 Å². The summed E-state index contributed by atoms with van der Waals surface area (Å²) in [6.07, 6.45) is 6.12. The third-order valence-electron chi connectivity index (χ3n) is 4.68. The zero-order chi connectivity index (χ0) is 19.9. The summed E-state index contributed by atoms with van der Waals surface area (Å²) in [5.74, 6) is -0.253. The molecule has 2 aromatic heterocycles. The van der Waals surface area contributed by atoms with Crippen LogP contribution in [0.2, 0.25) is 0 Å². The lowest BCUT2D eigenvalue weighted by molar-refractivity contribution is 0.0926. The Labute approximate surface area is 169 Å². The highest BCUT2D eigenvalue weighted by atomic mass is 16.2. The highest BCUT2D eigenvalue weighted by molar-refractivity contribution is 5.92. The van der Waals surface area contributed by atoms with Crippen LogP contribution in [-0.2, 0) is 19.5 Å². The summed E-state index contributed by atoms with van der Waals surface area (Å²) in [4.78, 5) is 12.8. The van der Waals surface area contributed by atoms with Crippen LogP contribution in [0.4, 0.5) is 0 Å². The average Bonchev–Trinajstić information content (AvgIpc) is 3.45. The second-order valence-electron chi connectivity index (χ2n) is 6.77. The number of nitrogens with zero attached hydrogens (tertiary/aromatic N) is 5. The number of hydrogen-bond donors (Lipinski definition) is 1. The highest BCUT2D eigenvalue weighted by Gasteiger charge is 2.19. The minimum Gasteiger partial charge on any atom is -0.342 e. The summed E-state index contributed by atoms with van der Waals surface area (Å²) >= 11 is 0. The van der Waals surface area contributed by atoms with Gasteiger partial charge in [0.2, 0.25) is 0 Å². The molecule has 146 valence electrons. The van der Waals surface area contributed by atoms with Gasteiger partial charge in [-0.15, -0.1) is 5.10 Å². The summed E-state index contributed by atoms with van der Waals surface area (Å²) < 4.78 is 3.50. The molecule has 4 aromatic rings. The maximum atomic E-state index is 12.8. The summed E-state index contributed by atoms with van der Waals surface area (Å²) in [7, 11) is 0. The van der Waals surface area contributed by atoms with E-state index in [-0.39, 0.29) is 11.9 Å². The lowest BCUT2D eigenvalue weighted by Crippen LogP contribution is -2.31. The Bertz CT molecular complexity index is 1030. The van der Waals surface area contributed by atoms with E-state index in [1.54, 1.807) is 21.8 Å². The predicted molar refractivity (Wildman–Crippen MR) is 109 cm³/mol. The first-order valence-electron chi connectivity index (χ1n) is 9.55. The van der Waals surface area contributed by atoms with Gasteiger partial charge in [0.1, 0.15) is 0 Å². The number of rotatable bonds is 8. The summed E-state index contributed by atoms with van der Waals surface area (Å²) in [5.41, 5.74) is 2.53. The van der Waals surface area contributed by atoms with Crippen LogP contribution >= 0.6 is 0 Å². The number of nitrogens with one attached hydrogen (secondary N) is 1. The number of carbonyl (C=O) groups is 1. The van der Waals surface area contributed by atoms with Crippen molar-refractivity contribution in [2.45, 2.75) is 25.6 Å². The Kier molecular flexibility index (Phi) is 5.76. The molecular weight excluding hydrogens is 364 g/mol. The molecule has 0 radical (unpaired) electrons. The van der Waals surface area contributed by atoms with Crippen molar-refractivity contribution in [3.63, 3.8) is 0 Å². The summed E-state index contributed by atoms with van der Waals surface area (Å²) in [6.45, 7) is 1.20. The number of aryl methyl sites for hydroxylation is 2. The summed E-state index contributed by atoms with van der Waals surface area (Å²) in [5, 5.41) is 15.5. The van der Waals surface area contributed by atoms with Gasteiger partial charge in [-0.3, -0.25) is 14.2 Å². The molecule has 0 bridgehead atoms. The third kappa shape index (κ3) is 4.95. The van der Waals surface area contributed by atoms with Crippen LogP contribution in [0, 0.1) is 0 Å². The maximum Gasteiger partial charge on any atom is 0.274 e. The van der Waals surface area contributed by atoms with E-state index in [1.165, 1.54) is 5.56 Å². The fourth-order valence-electron chi connectivity index (χ4n) is 3.15. The zero-order valence-corrected chi connectivity index (χ0v) is 15.9. The van der Waals surface area contributed by atoms with Crippen LogP contribution in [0.3, 0.4) is 0 Å². The Balaban J connectivity index is 1.43. The minimum atomic E-state index is -0.253. The number of aromatic nitrogens is 5. The monoisotopic (exact) mass is 386 g/mol. The number of carbonyl (C=O) groups excluding carboxylic acids is 1. The van der Waals surface area contributed by atoms with Crippen LogP contribution in [0.1, 0.15) is 27.7 Å². The standard InChI is InChI=1S/C22H22N6O/c29-22(21-17-28(26-25-21)15-12-18-8-3-1-4-9-18)24-20(16-27-14-7-13-23-27)19-10-5-2-6-11-19/h1-11,13-14,17,20H,12,15-16H2,(H,24,29)/t20-/m0/s1. The lowest BCUT2D eigenvalue weighted by atomic mass is 10.1. The molecule has 7 nitrogen and oxygen atoms in total. The van der Waals surface area contributed by atoms with E-state index in [0.29, 0.717) is 18.8 Å². The number of amides is 1. The minimum absolute atomic E-state index is 0.224. The van der Waals surface area contributed by atoms with Crippen molar-refractivity contribution in [1.82, 2.24) is 30.1 Å². The van der Waals surface area contributed by atoms with E-state index in [0.717, 1.165) is 12.0 Å². The van der Waals surface area contributed by atoms with E-state index in [2.05, 4.69) is 32.9 Å². The van der Waals surface area contributed by atoms with Gasteiger partial charge >= 0.3 is 0 Å². The van der Waals surface area contributed by atoms with Gasteiger partial charge in [0, 0.05) is 18.9 Å². The van der Waals surface area contributed by atoms with Gasteiger partial charge in [0.25, 0.3) is 5.91 Å². The van der Waals surface area contributed by atoms with Crippen molar-refractivity contribution in [3.8, 4) is 0 Å². The molecule has 1 atom stereocenters. The van der Waals surface area contributed by atoms with Crippen LogP contribution in [0.5, 0.6) is 0 Å². The second-order valence-corrected chi connectivity index (χ2v) is 6.77. The van der Waals surface area contributed by atoms with Crippen molar-refractivity contribution < 1.29 is 4.79 Å². The molecule has 29 heavy (non-hydrogen) atoms. The van der Waals surface area contributed by atoms with Crippen molar-refractivity contribution >= 4 is 5.91 Å². The SMILES string of the molecule is O=C(N[C@@H](Cn1cccn1)c1ccccc1)c1cn(CCc2ccccc2)nn1. The van der Waals surface area contributed by atoms with E-state index >= 15 is 0 Å². The molecule has 4 rings (SSSR count). The van der Waals surface area contributed by atoms with E-state index < -0.39 is 0 Å². The van der Waals surface area contributed by atoms with Crippen molar-refractivity contribution in [1.29, 1.82) is 0 Å². The Hall–Kier alpha value is -3.74. The van der Waals surface area contributed by atoms with Gasteiger partial charge in [0.05, 0.1) is 18.8 Å². The molecule has 0 unspecified atom stereocenters. The number of benzene rings is 2. The van der Waals surface area contributed by atoms with E-state index in [1.807, 2.05) is 60.8 Å². The van der Waals surface area contributed by atoms with Crippen molar-refractivity contribution in [2.75, 3.05) is 0 Å². The molecule has 0 spiro atoms. The molecule has 7 heteroatoms. The molecule has 1 N–H and O–H groups in total. The zero-order valence-electron chi connectivity index (χ0n) is 15.9. The Morgan fingerprint density at radius 3 is 2.45 bits per heavy atom. The van der Waals surface area contributed by atoms with Crippen LogP contribution in [0.25, 0.3) is 0 Å². The fourth-order valence-corrected chi connectivity index (χ4v) is 3.15.